The Kier molecular flexibility index (Phi) is 4.87. The van der Waals surface area contributed by atoms with Crippen molar-refractivity contribution in [2.24, 2.45) is 0 Å². The van der Waals surface area contributed by atoms with Gasteiger partial charge >= 0.3 is 0 Å². The molecule has 0 unspecified atom stereocenters. The van der Waals surface area contributed by atoms with Crippen molar-refractivity contribution in [1.29, 1.82) is 0 Å². The molecule has 0 fully saturated rings. The van der Waals surface area contributed by atoms with E-state index in [-0.39, 0.29) is 5.78 Å². The molecule has 0 aliphatic heterocycles. The van der Waals surface area contributed by atoms with Crippen LogP contribution in [0.5, 0.6) is 0 Å². The predicted molar refractivity (Wildman–Crippen MR) is 114 cm³/mol. The summed E-state index contributed by atoms with van der Waals surface area (Å²) >= 11 is 1.60. The van der Waals surface area contributed by atoms with Crippen LogP contribution in [0, 0.1) is 13.8 Å². The van der Waals surface area contributed by atoms with Gasteiger partial charge in [-0.25, -0.2) is 0 Å². The van der Waals surface area contributed by atoms with E-state index < -0.39 is 0 Å². The van der Waals surface area contributed by atoms with Gasteiger partial charge in [0.1, 0.15) is 0 Å². The highest BCUT2D eigenvalue weighted by Crippen LogP contribution is 2.26. The van der Waals surface area contributed by atoms with Crippen LogP contribution in [-0.2, 0) is 0 Å². The van der Waals surface area contributed by atoms with E-state index >= 15 is 0 Å². The first-order valence-corrected chi connectivity index (χ1v) is 10.0. The minimum Gasteiger partial charge on any atom is -0.318 e. The molecule has 3 heteroatoms. The summed E-state index contributed by atoms with van der Waals surface area (Å²) in [6.45, 7) is 4.07. The molecule has 0 aliphatic rings. The molecule has 0 saturated carbocycles. The number of thioether (sulfide) groups is 1. The molecule has 1 heterocycles. The molecular formula is C24H21NOS. The Morgan fingerprint density at radius 1 is 0.852 bits per heavy atom. The standard InChI is InChI=1S/C24H21NOS/c1-17-14-23(18(2)25(17)21-10-4-3-5-11-21)24(26)16-27-22-13-12-19-8-6-7-9-20(19)15-22/h3-15H,16H2,1-2H3. The summed E-state index contributed by atoms with van der Waals surface area (Å²) < 4.78 is 2.15. The third-order valence-corrected chi connectivity index (χ3v) is 5.83. The monoisotopic (exact) mass is 371 g/mol. The van der Waals surface area contributed by atoms with Crippen LogP contribution < -0.4 is 0 Å². The lowest BCUT2D eigenvalue weighted by Crippen LogP contribution is -2.05. The number of benzene rings is 3. The highest BCUT2D eigenvalue weighted by molar-refractivity contribution is 8.00. The minimum atomic E-state index is 0.170. The molecule has 0 aliphatic carbocycles. The van der Waals surface area contributed by atoms with E-state index in [0.29, 0.717) is 5.75 Å². The number of aromatic nitrogens is 1. The number of hydrogen-bond acceptors (Lipinski definition) is 2. The van der Waals surface area contributed by atoms with Crippen molar-refractivity contribution in [3.8, 4) is 5.69 Å². The van der Waals surface area contributed by atoms with Gasteiger partial charge in [-0.05, 0) is 55.0 Å². The molecule has 4 aromatic rings. The average Bonchev–Trinajstić information content (AvgIpc) is 3.01. The van der Waals surface area contributed by atoms with Gasteiger partial charge in [-0.1, -0.05) is 48.5 Å². The fourth-order valence-corrected chi connectivity index (χ4v) is 4.33. The van der Waals surface area contributed by atoms with E-state index in [0.717, 1.165) is 27.5 Å². The summed E-state index contributed by atoms with van der Waals surface area (Å²) in [6.07, 6.45) is 0. The Labute approximate surface area is 163 Å². The molecule has 2 nitrogen and oxygen atoms in total. The van der Waals surface area contributed by atoms with Crippen LogP contribution in [0.1, 0.15) is 21.7 Å². The van der Waals surface area contributed by atoms with E-state index in [1.54, 1.807) is 11.8 Å². The molecule has 27 heavy (non-hydrogen) atoms. The fourth-order valence-electron chi connectivity index (χ4n) is 3.50. The summed E-state index contributed by atoms with van der Waals surface area (Å²) in [4.78, 5) is 14.0. The number of ketones is 1. The maximum atomic E-state index is 12.9. The second-order valence-electron chi connectivity index (χ2n) is 6.68. The molecule has 0 bridgehead atoms. The van der Waals surface area contributed by atoms with Crippen molar-refractivity contribution in [1.82, 2.24) is 4.57 Å². The zero-order valence-corrected chi connectivity index (χ0v) is 16.3. The van der Waals surface area contributed by atoms with E-state index in [1.165, 1.54) is 10.8 Å². The number of aryl methyl sites for hydroxylation is 1. The molecule has 0 radical (unpaired) electrons. The van der Waals surface area contributed by atoms with Gasteiger partial charge in [-0.2, -0.15) is 0 Å². The van der Waals surface area contributed by atoms with Crippen molar-refractivity contribution in [2.75, 3.05) is 5.75 Å². The number of carbonyl (C=O) groups excluding carboxylic acids is 1. The lowest BCUT2D eigenvalue weighted by atomic mass is 10.1. The molecule has 134 valence electrons. The van der Waals surface area contributed by atoms with Gasteiger partial charge in [0.05, 0.1) is 5.75 Å². The predicted octanol–water partition coefficient (Wildman–Crippen LogP) is 6.22. The third kappa shape index (κ3) is 3.56. The molecule has 3 aromatic carbocycles. The number of rotatable bonds is 5. The summed E-state index contributed by atoms with van der Waals surface area (Å²) in [6, 6.07) is 26.8. The fraction of sp³-hybridized carbons (Fsp3) is 0.125. The maximum absolute atomic E-state index is 12.9. The largest absolute Gasteiger partial charge is 0.318 e. The first-order valence-electron chi connectivity index (χ1n) is 9.02. The molecular weight excluding hydrogens is 350 g/mol. The van der Waals surface area contributed by atoms with Gasteiger partial charge < -0.3 is 4.57 Å². The Morgan fingerprint density at radius 2 is 1.56 bits per heavy atom. The smallest absolute Gasteiger partial charge is 0.174 e. The zero-order valence-electron chi connectivity index (χ0n) is 15.5. The maximum Gasteiger partial charge on any atom is 0.174 e. The summed E-state index contributed by atoms with van der Waals surface area (Å²) in [5.74, 6) is 0.612. The van der Waals surface area contributed by atoms with E-state index in [9.17, 15) is 4.79 Å². The van der Waals surface area contributed by atoms with Gasteiger partial charge in [0.15, 0.2) is 5.78 Å². The second kappa shape index (κ2) is 7.45. The normalized spacial score (nSPS) is 11.0. The molecule has 0 saturated heterocycles. The van der Waals surface area contributed by atoms with Gasteiger partial charge in [0.25, 0.3) is 0 Å². The van der Waals surface area contributed by atoms with Crippen LogP contribution in [-0.4, -0.2) is 16.1 Å². The number of carbonyl (C=O) groups is 1. The Bertz CT molecular complexity index is 1110. The number of para-hydroxylation sites is 1. The van der Waals surface area contributed by atoms with Gasteiger partial charge in [-0.15, -0.1) is 11.8 Å². The number of nitrogens with zero attached hydrogens (tertiary/aromatic N) is 1. The van der Waals surface area contributed by atoms with Crippen LogP contribution in [0.15, 0.2) is 83.8 Å². The van der Waals surface area contributed by atoms with Crippen molar-refractivity contribution >= 4 is 28.3 Å². The van der Waals surface area contributed by atoms with Crippen molar-refractivity contribution in [2.45, 2.75) is 18.7 Å². The SMILES string of the molecule is Cc1cc(C(=O)CSc2ccc3ccccc3c2)c(C)n1-c1ccccc1. The highest BCUT2D eigenvalue weighted by atomic mass is 32.2. The van der Waals surface area contributed by atoms with E-state index in [2.05, 4.69) is 47.0 Å². The molecule has 0 atom stereocenters. The summed E-state index contributed by atoms with van der Waals surface area (Å²) in [7, 11) is 0. The van der Waals surface area contributed by atoms with E-state index in [4.69, 9.17) is 0 Å². The van der Waals surface area contributed by atoms with Gasteiger partial charge in [-0.3, -0.25) is 4.79 Å². The van der Waals surface area contributed by atoms with Crippen LogP contribution in [0.4, 0.5) is 0 Å². The second-order valence-corrected chi connectivity index (χ2v) is 7.73. The number of Topliss-reactive ketones (excluding diaryl/α,β-unsaturated/α-hetero) is 1. The van der Waals surface area contributed by atoms with Crippen molar-refractivity contribution in [3.05, 3.63) is 95.8 Å². The quantitative estimate of drug-likeness (QED) is 0.307. The zero-order chi connectivity index (χ0) is 18.8. The topological polar surface area (TPSA) is 22.0 Å². The Balaban J connectivity index is 1.54. The molecule has 1 aromatic heterocycles. The Morgan fingerprint density at radius 3 is 2.33 bits per heavy atom. The highest BCUT2D eigenvalue weighted by Gasteiger charge is 2.16. The Hall–Kier alpha value is -2.78. The number of hydrogen-bond donors (Lipinski definition) is 0. The molecule has 0 spiro atoms. The van der Waals surface area contributed by atoms with Crippen LogP contribution >= 0.6 is 11.8 Å². The van der Waals surface area contributed by atoms with Crippen molar-refractivity contribution < 1.29 is 4.79 Å². The lowest BCUT2D eigenvalue weighted by molar-refractivity contribution is 0.102. The van der Waals surface area contributed by atoms with E-state index in [1.807, 2.05) is 50.2 Å². The summed E-state index contributed by atoms with van der Waals surface area (Å²) in [5, 5.41) is 2.43. The third-order valence-electron chi connectivity index (χ3n) is 4.84. The van der Waals surface area contributed by atoms with Crippen LogP contribution in [0.3, 0.4) is 0 Å². The molecule has 0 N–H and O–H groups in total. The first-order chi connectivity index (χ1) is 13.1. The summed E-state index contributed by atoms with van der Waals surface area (Å²) in [5.41, 5.74) is 3.99. The average molecular weight is 372 g/mol. The van der Waals surface area contributed by atoms with Crippen molar-refractivity contribution in [3.63, 3.8) is 0 Å². The van der Waals surface area contributed by atoms with Gasteiger partial charge in [0.2, 0.25) is 0 Å². The minimum absolute atomic E-state index is 0.170. The molecule has 4 rings (SSSR count). The first kappa shape index (κ1) is 17.6. The van der Waals surface area contributed by atoms with Crippen LogP contribution in [0.2, 0.25) is 0 Å². The number of fused-ring (bicyclic) bond motifs is 1. The van der Waals surface area contributed by atoms with Gasteiger partial charge in [0, 0.05) is 27.5 Å². The molecule has 0 amide bonds. The van der Waals surface area contributed by atoms with Crippen LogP contribution in [0.25, 0.3) is 16.5 Å². The lowest BCUT2D eigenvalue weighted by Gasteiger charge is -2.09.